The number of pyridine rings is 1. The van der Waals surface area contributed by atoms with E-state index in [4.69, 9.17) is 9.26 Å². The van der Waals surface area contributed by atoms with Crippen LogP contribution in [0.25, 0.3) is 11.4 Å². The summed E-state index contributed by atoms with van der Waals surface area (Å²) in [6, 6.07) is 9.15. The highest BCUT2D eigenvalue weighted by Crippen LogP contribution is 2.33. The van der Waals surface area contributed by atoms with E-state index in [1.165, 1.54) is 6.20 Å². The molecule has 0 saturated heterocycles. The third-order valence-electron chi connectivity index (χ3n) is 4.76. The van der Waals surface area contributed by atoms with E-state index in [2.05, 4.69) is 20.4 Å². The van der Waals surface area contributed by atoms with E-state index in [0.29, 0.717) is 23.0 Å². The molecule has 1 amide bonds. The summed E-state index contributed by atoms with van der Waals surface area (Å²) in [5, 5.41) is 16.2. The monoisotopic (exact) mass is 380 g/mol. The quantitative estimate of drug-likeness (QED) is 0.674. The number of hydrogen-bond acceptors (Lipinski definition) is 7. The molecule has 144 valence electrons. The zero-order valence-corrected chi connectivity index (χ0v) is 15.4. The normalized spacial score (nSPS) is 15.4. The number of methoxy groups -OCH3 is 1. The summed E-state index contributed by atoms with van der Waals surface area (Å²) in [6.45, 7) is 0.150. The molecule has 4 rings (SSSR count). The fourth-order valence-corrected chi connectivity index (χ4v) is 3.39. The zero-order chi connectivity index (χ0) is 19.5. The standard InChI is InChI=1S/C20H20N4O4/c1-27-11-18-23-19(24-28-18)14-2-4-15-13(9-14)3-5-16(15)22-20(26)17-8-12(10-25)6-7-21-17/h2,4,6-9,16,25H,3,5,10-11H2,1H3,(H,22,26)/t16-/m1/s1. The SMILES string of the molecule is COCc1nc(-c2ccc3c(c2)CC[C@H]3NC(=O)c2cc(CO)ccn2)no1. The van der Waals surface area contributed by atoms with Gasteiger partial charge in [0.15, 0.2) is 0 Å². The number of carbonyl (C=O) groups excluding carboxylic acids is 1. The maximum atomic E-state index is 12.5. The topological polar surface area (TPSA) is 110 Å². The Hall–Kier alpha value is -3.10. The average Bonchev–Trinajstić information content (AvgIpc) is 3.35. The van der Waals surface area contributed by atoms with Crippen LogP contribution in [-0.4, -0.2) is 33.2 Å². The van der Waals surface area contributed by atoms with Crippen LogP contribution in [0.5, 0.6) is 0 Å². The van der Waals surface area contributed by atoms with Gasteiger partial charge in [-0.2, -0.15) is 4.98 Å². The predicted octanol–water partition coefficient (Wildman–Crippen LogP) is 2.19. The first-order chi connectivity index (χ1) is 13.7. The van der Waals surface area contributed by atoms with Gasteiger partial charge in [0.05, 0.1) is 12.6 Å². The van der Waals surface area contributed by atoms with Crippen molar-refractivity contribution in [2.24, 2.45) is 0 Å². The minimum absolute atomic E-state index is 0.0783. The lowest BCUT2D eigenvalue weighted by Gasteiger charge is -2.14. The Kier molecular flexibility index (Phi) is 5.14. The van der Waals surface area contributed by atoms with Crippen molar-refractivity contribution >= 4 is 5.91 Å². The first kappa shape index (κ1) is 18.3. The van der Waals surface area contributed by atoms with Crippen LogP contribution in [0.15, 0.2) is 41.1 Å². The summed E-state index contributed by atoms with van der Waals surface area (Å²) in [4.78, 5) is 20.9. The van der Waals surface area contributed by atoms with Crippen LogP contribution in [0.3, 0.4) is 0 Å². The van der Waals surface area contributed by atoms with E-state index < -0.39 is 0 Å². The first-order valence-corrected chi connectivity index (χ1v) is 8.99. The van der Waals surface area contributed by atoms with Gasteiger partial charge in [0.2, 0.25) is 5.82 Å². The number of carbonyl (C=O) groups is 1. The first-order valence-electron chi connectivity index (χ1n) is 8.99. The molecule has 8 nitrogen and oxygen atoms in total. The van der Waals surface area contributed by atoms with Crippen molar-refractivity contribution in [1.82, 2.24) is 20.4 Å². The molecule has 1 aliphatic rings. The summed E-state index contributed by atoms with van der Waals surface area (Å²) in [5.41, 5.74) is 4.06. The third-order valence-corrected chi connectivity index (χ3v) is 4.76. The maximum absolute atomic E-state index is 12.5. The zero-order valence-electron chi connectivity index (χ0n) is 15.4. The number of benzene rings is 1. The molecule has 2 heterocycles. The molecule has 1 aromatic carbocycles. The molecule has 8 heteroatoms. The number of hydrogen-bond donors (Lipinski definition) is 2. The van der Waals surface area contributed by atoms with Gasteiger partial charge < -0.3 is 19.7 Å². The number of ether oxygens (including phenoxy) is 1. The molecular weight excluding hydrogens is 360 g/mol. The number of aryl methyl sites for hydroxylation is 1. The highest BCUT2D eigenvalue weighted by Gasteiger charge is 2.25. The van der Waals surface area contributed by atoms with E-state index in [-0.39, 0.29) is 25.2 Å². The van der Waals surface area contributed by atoms with Gasteiger partial charge in [0.1, 0.15) is 12.3 Å². The molecule has 1 atom stereocenters. The summed E-state index contributed by atoms with van der Waals surface area (Å²) < 4.78 is 10.2. The van der Waals surface area contributed by atoms with Gasteiger partial charge in [-0.3, -0.25) is 9.78 Å². The van der Waals surface area contributed by atoms with E-state index in [0.717, 1.165) is 29.5 Å². The fraction of sp³-hybridized carbons (Fsp3) is 0.300. The lowest BCUT2D eigenvalue weighted by molar-refractivity contribution is 0.0931. The minimum Gasteiger partial charge on any atom is -0.392 e. The Balaban J connectivity index is 1.50. The van der Waals surface area contributed by atoms with Crippen molar-refractivity contribution in [2.75, 3.05) is 7.11 Å². The van der Waals surface area contributed by atoms with Crippen LogP contribution >= 0.6 is 0 Å². The average molecular weight is 380 g/mol. The van der Waals surface area contributed by atoms with E-state index in [1.807, 2.05) is 18.2 Å². The second-order valence-electron chi connectivity index (χ2n) is 6.63. The molecule has 0 bridgehead atoms. The van der Waals surface area contributed by atoms with Gasteiger partial charge in [-0.1, -0.05) is 17.3 Å². The Labute approximate surface area is 161 Å². The fourth-order valence-electron chi connectivity index (χ4n) is 3.39. The van der Waals surface area contributed by atoms with Crippen molar-refractivity contribution in [2.45, 2.75) is 32.1 Å². The Morgan fingerprint density at radius 3 is 3.07 bits per heavy atom. The molecule has 3 aromatic rings. The smallest absolute Gasteiger partial charge is 0.270 e. The molecule has 2 aromatic heterocycles. The summed E-state index contributed by atoms with van der Waals surface area (Å²) in [7, 11) is 1.57. The number of rotatable bonds is 6. The molecule has 0 fully saturated rings. The minimum atomic E-state index is -0.250. The van der Waals surface area contributed by atoms with E-state index in [9.17, 15) is 9.90 Å². The van der Waals surface area contributed by atoms with E-state index in [1.54, 1.807) is 19.2 Å². The Morgan fingerprint density at radius 2 is 2.25 bits per heavy atom. The van der Waals surface area contributed by atoms with Crippen molar-refractivity contribution in [3.63, 3.8) is 0 Å². The van der Waals surface area contributed by atoms with Gasteiger partial charge in [0, 0.05) is 18.9 Å². The van der Waals surface area contributed by atoms with Crippen LogP contribution in [0.4, 0.5) is 0 Å². The number of aliphatic hydroxyl groups is 1. The lowest BCUT2D eigenvalue weighted by Crippen LogP contribution is -2.28. The highest BCUT2D eigenvalue weighted by molar-refractivity contribution is 5.92. The Bertz CT molecular complexity index is 1000. The number of nitrogens with one attached hydrogen (secondary N) is 1. The maximum Gasteiger partial charge on any atom is 0.270 e. The van der Waals surface area contributed by atoms with Gasteiger partial charge in [-0.05, 0) is 47.7 Å². The van der Waals surface area contributed by atoms with Gasteiger partial charge >= 0.3 is 0 Å². The number of aromatic nitrogens is 3. The van der Waals surface area contributed by atoms with Crippen LogP contribution < -0.4 is 5.32 Å². The van der Waals surface area contributed by atoms with Gasteiger partial charge in [-0.15, -0.1) is 0 Å². The molecule has 28 heavy (non-hydrogen) atoms. The van der Waals surface area contributed by atoms with Crippen LogP contribution in [0, 0.1) is 0 Å². The van der Waals surface area contributed by atoms with Crippen molar-refractivity contribution in [3.8, 4) is 11.4 Å². The largest absolute Gasteiger partial charge is 0.392 e. The Morgan fingerprint density at radius 1 is 1.36 bits per heavy atom. The van der Waals surface area contributed by atoms with Crippen LogP contribution in [-0.2, 0) is 24.4 Å². The van der Waals surface area contributed by atoms with Crippen LogP contribution in [0.2, 0.25) is 0 Å². The molecule has 0 aliphatic heterocycles. The molecule has 0 radical (unpaired) electrons. The summed E-state index contributed by atoms with van der Waals surface area (Å²) >= 11 is 0. The molecule has 0 spiro atoms. The molecule has 0 unspecified atom stereocenters. The second kappa shape index (κ2) is 7.87. The molecule has 2 N–H and O–H groups in total. The number of fused-ring (bicyclic) bond motifs is 1. The highest BCUT2D eigenvalue weighted by atomic mass is 16.5. The van der Waals surface area contributed by atoms with Gasteiger partial charge in [-0.25, -0.2) is 0 Å². The third kappa shape index (κ3) is 3.64. The van der Waals surface area contributed by atoms with Crippen molar-refractivity contribution in [3.05, 3.63) is 64.8 Å². The summed E-state index contributed by atoms with van der Waals surface area (Å²) in [6.07, 6.45) is 3.19. The van der Waals surface area contributed by atoms with Gasteiger partial charge in [0.25, 0.3) is 11.8 Å². The second-order valence-corrected chi connectivity index (χ2v) is 6.63. The van der Waals surface area contributed by atoms with Crippen LogP contribution in [0.1, 0.15) is 45.5 Å². The number of amides is 1. The lowest BCUT2D eigenvalue weighted by atomic mass is 10.0. The summed E-state index contributed by atoms with van der Waals surface area (Å²) in [5.74, 6) is 0.702. The van der Waals surface area contributed by atoms with Crippen molar-refractivity contribution < 1.29 is 19.2 Å². The van der Waals surface area contributed by atoms with E-state index >= 15 is 0 Å². The molecule has 0 saturated carbocycles. The van der Waals surface area contributed by atoms with Crippen molar-refractivity contribution in [1.29, 1.82) is 0 Å². The number of aliphatic hydroxyl groups excluding tert-OH is 1. The molecule has 1 aliphatic carbocycles. The molecular formula is C20H20N4O4. The predicted molar refractivity (Wildman–Crippen MR) is 99.1 cm³/mol. The number of nitrogens with zero attached hydrogens (tertiary/aromatic N) is 3.